The highest BCUT2D eigenvalue weighted by atomic mass is 16.5. The number of nitrogens with zero attached hydrogens (tertiary/aromatic N) is 1. The lowest BCUT2D eigenvalue weighted by Crippen LogP contribution is -2.33. The van der Waals surface area contributed by atoms with Gasteiger partial charge >= 0.3 is 0 Å². The van der Waals surface area contributed by atoms with Crippen LogP contribution in [0.5, 0.6) is 11.5 Å². The zero-order valence-electron chi connectivity index (χ0n) is 23.0. The topological polar surface area (TPSA) is 47.7 Å². The van der Waals surface area contributed by atoms with Gasteiger partial charge in [-0.1, -0.05) is 87.2 Å². The number of benzene rings is 2. The van der Waals surface area contributed by atoms with Crippen molar-refractivity contribution in [1.29, 1.82) is 0 Å². The standard InChI is InChI=1S/C29H32N2O2.C2H6.C2H4/c1-5-22(12-13-23-8-6-10-26(18-23)32-3)20-28(30)29-21-25(16-17-31(29)2)15-14-24-9-7-11-27(19-24)33-4;2*1-2/h5-16,18-21,28H,1,17,30H2,2-4H3;1-2H3;1-2H2/b13-12+,15-14+,22-20+;;. The molecule has 0 fully saturated rings. The molecule has 1 heterocycles. The van der Waals surface area contributed by atoms with Crippen molar-refractivity contribution in [3.8, 4) is 11.5 Å². The van der Waals surface area contributed by atoms with Crippen LogP contribution in [-0.4, -0.2) is 38.8 Å². The van der Waals surface area contributed by atoms with Crippen LogP contribution in [0.15, 0.2) is 122 Å². The second-order valence-corrected chi connectivity index (χ2v) is 7.77. The molecule has 1 unspecified atom stereocenters. The SMILES string of the molecule is C=C.C=CC(/C=C/c1cccc(OC)c1)=C\C(N)C1=CC(/C=C/c2cccc(OC)c2)=CCN1C.CC. The van der Waals surface area contributed by atoms with Crippen LogP contribution in [0.25, 0.3) is 12.2 Å². The third-order valence-electron chi connectivity index (χ3n) is 5.43. The summed E-state index contributed by atoms with van der Waals surface area (Å²) in [6.07, 6.45) is 16.4. The Bertz CT molecular complexity index is 1140. The minimum Gasteiger partial charge on any atom is -0.497 e. The first-order chi connectivity index (χ1) is 18.0. The van der Waals surface area contributed by atoms with Gasteiger partial charge in [-0.2, -0.15) is 0 Å². The maximum atomic E-state index is 6.58. The van der Waals surface area contributed by atoms with E-state index in [1.807, 2.05) is 80.6 Å². The molecule has 2 aromatic carbocycles. The molecule has 2 aromatic rings. The molecule has 1 aliphatic heterocycles. The van der Waals surface area contributed by atoms with E-state index < -0.39 is 0 Å². The summed E-state index contributed by atoms with van der Waals surface area (Å²) >= 11 is 0. The smallest absolute Gasteiger partial charge is 0.119 e. The molecule has 37 heavy (non-hydrogen) atoms. The van der Waals surface area contributed by atoms with Gasteiger partial charge in [0, 0.05) is 19.3 Å². The summed E-state index contributed by atoms with van der Waals surface area (Å²) in [4.78, 5) is 2.16. The molecule has 0 spiro atoms. The average molecular weight is 499 g/mol. The average Bonchev–Trinajstić information content (AvgIpc) is 2.97. The van der Waals surface area contributed by atoms with E-state index >= 15 is 0 Å². The number of rotatable bonds is 9. The molecule has 4 nitrogen and oxygen atoms in total. The van der Waals surface area contributed by atoms with E-state index in [-0.39, 0.29) is 6.04 Å². The van der Waals surface area contributed by atoms with Crippen LogP contribution in [-0.2, 0) is 0 Å². The second-order valence-electron chi connectivity index (χ2n) is 7.77. The summed E-state index contributed by atoms with van der Waals surface area (Å²) < 4.78 is 10.6. The second kappa shape index (κ2) is 17.4. The van der Waals surface area contributed by atoms with Gasteiger partial charge in [-0.25, -0.2) is 0 Å². The van der Waals surface area contributed by atoms with Crippen molar-refractivity contribution < 1.29 is 9.47 Å². The predicted octanol–water partition coefficient (Wildman–Crippen LogP) is 7.45. The van der Waals surface area contributed by atoms with Gasteiger partial charge in [0.25, 0.3) is 0 Å². The fraction of sp³-hybridized carbons (Fsp3) is 0.212. The fourth-order valence-corrected chi connectivity index (χ4v) is 3.51. The van der Waals surface area contributed by atoms with E-state index in [0.29, 0.717) is 0 Å². The van der Waals surface area contributed by atoms with Crippen LogP contribution < -0.4 is 15.2 Å². The number of likely N-dealkylation sites (N-methyl/N-ethyl adjacent to an activating group) is 1. The van der Waals surface area contributed by atoms with Gasteiger partial charge in [-0.3, -0.25) is 0 Å². The number of allylic oxidation sites excluding steroid dienone is 6. The van der Waals surface area contributed by atoms with E-state index in [9.17, 15) is 0 Å². The first-order valence-electron chi connectivity index (χ1n) is 12.4. The van der Waals surface area contributed by atoms with Crippen molar-refractivity contribution in [1.82, 2.24) is 4.90 Å². The Labute approximate surface area is 224 Å². The Morgan fingerprint density at radius 1 is 0.946 bits per heavy atom. The molecule has 1 aliphatic rings. The normalized spacial score (nSPS) is 14.0. The van der Waals surface area contributed by atoms with Gasteiger partial charge in [0.1, 0.15) is 11.5 Å². The van der Waals surface area contributed by atoms with E-state index in [2.05, 4.69) is 62.1 Å². The maximum absolute atomic E-state index is 6.58. The first kappa shape index (κ1) is 31.0. The molecule has 0 bridgehead atoms. The van der Waals surface area contributed by atoms with Gasteiger partial charge in [-0.15, -0.1) is 13.2 Å². The van der Waals surface area contributed by atoms with E-state index in [4.69, 9.17) is 15.2 Å². The van der Waals surface area contributed by atoms with Crippen LogP contribution in [0, 0.1) is 0 Å². The molecule has 3 rings (SSSR count). The molecule has 0 saturated carbocycles. The first-order valence-corrected chi connectivity index (χ1v) is 12.4. The van der Waals surface area contributed by atoms with Gasteiger partial charge in [-0.05, 0) is 52.6 Å². The van der Waals surface area contributed by atoms with E-state index in [1.165, 1.54) is 0 Å². The molecule has 2 N–H and O–H groups in total. The van der Waals surface area contributed by atoms with Crippen LogP contribution in [0.1, 0.15) is 25.0 Å². The number of hydrogen-bond donors (Lipinski definition) is 1. The number of nitrogens with two attached hydrogens (primary N) is 1. The van der Waals surface area contributed by atoms with Crippen molar-refractivity contribution in [3.63, 3.8) is 0 Å². The Balaban J connectivity index is 0.00000163. The zero-order chi connectivity index (χ0) is 27.6. The van der Waals surface area contributed by atoms with Gasteiger partial charge < -0.3 is 20.1 Å². The molecule has 0 amide bonds. The highest BCUT2D eigenvalue weighted by molar-refractivity contribution is 5.58. The maximum Gasteiger partial charge on any atom is 0.119 e. The molecule has 0 radical (unpaired) electrons. The summed E-state index contributed by atoms with van der Waals surface area (Å²) in [6.45, 7) is 14.8. The Morgan fingerprint density at radius 2 is 1.51 bits per heavy atom. The Morgan fingerprint density at radius 3 is 2.05 bits per heavy atom. The molecular weight excluding hydrogens is 456 g/mol. The largest absolute Gasteiger partial charge is 0.497 e. The minimum atomic E-state index is -0.258. The van der Waals surface area contributed by atoms with Crippen molar-refractivity contribution in [2.75, 3.05) is 27.8 Å². The molecule has 196 valence electrons. The lowest BCUT2D eigenvalue weighted by atomic mass is 10.0. The van der Waals surface area contributed by atoms with Crippen molar-refractivity contribution in [2.24, 2.45) is 5.73 Å². The third-order valence-corrected chi connectivity index (χ3v) is 5.43. The summed E-state index contributed by atoms with van der Waals surface area (Å²) in [5, 5.41) is 0. The van der Waals surface area contributed by atoms with Gasteiger partial charge in [0.15, 0.2) is 0 Å². The van der Waals surface area contributed by atoms with E-state index in [0.717, 1.165) is 46.0 Å². The number of methoxy groups -OCH3 is 2. The summed E-state index contributed by atoms with van der Waals surface area (Å²) in [6, 6.07) is 15.6. The summed E-state index contributed by atoms with van der Waals surface area (Å²) in [7, 11) is 5.40. The quantitative estimate of drug-likeness (QED) is 0.288. The van der Waals surface area contributed by atoms with Crippen LogP contribution >= 0.6 is 0 Å². The zero-order valence-corrected chi connectivity index (χ0v) is 23.0. The highest BCUT2D eigenvalue weighted by Gasteiger charge is 2.15. The lowest BCUT2D eigenvalue weighted by molar-refractivity contribution is 0.414. The summed E-state index contributed by atoms with van der Waals surface area (Å²) in [5.74, 6) is 1.67. The van der Waals surface area contributed by atoms with E-state index in [1.54, 1.807) is 14.2 Å². The van der Waals surface area contributed by atoms with Crippen molar-refractivity contribution >= 4 is 12.2 Å². The Hall–Kier alpha value is -4.02. The lowest BCUT2D eigenvalue weighted by Gasteiger charge is -2.28. The van der Waals surface area contributed by atoms with Crippen LogP contribution in [0.3, 0.4) is 0 Å². The molecule has 4 heteroatoms. The fourth-order valence-electron chi connectivity index (χ4n) is 3.51. The van der Waals surface area contributed by atoms with Crippen molar-refractivity contribution in [3.05, 3.63) is 133 Å². The monoisotopic (exact) mass is 498 g/mol. The third kappa shape index (κ3) is 10.2. The molecule has 1 atom stereocenters. The number of hydrogen-bond acceptors (Lipinski definition) is 4. The Kier molecular flexibility index (Phi) is 14.6. The van der Waals surface area contributed by atoms with Crippen LogP contribution in [0.2, 0.25) is 0 Å². The van der Waals surface area contributed by atoms with Crippen molar-refractivity contribution in [2.45, 2.75) is 19.9 Å². The minimum absolute atomic E-state index is 0.258. The number of ether oxygens (including phenoxy) is 2. The molecular formula is C33H42N2O2. The predicted molar refractivity (Wildman–Crippen MR) is 162 cm³/mol. The molecule has 0 saturated heterocycles. The highest BCUT2D eigenvalue weighted by Crippen LogP contribution is 2.21. The molecule has 0 aliphatic carbocycles. The van der Waals surface area contributed by atoms with Gasteiger partial charge in [0.2, 0.25) is 0 Å². The van der Waals surface area contributed by atoms with Crippen LogP contribution in [0.4, 0.5) is 0 Å². The molecule has 0 aromatic heterocycles. The van der Waals surface area contributed by atoms with Gasteiger partial charge in [0.05, 0.1) is 20.3 Å². The summed E-state index contributed by atoms with van der Waals surface area (Å²) in [5.41, 5.74) is 11.9.